The van der Waals surface area contributed by atoms with Gasteiger partial charge in [-0.15, -0.1) is 5.10 Å². The van der Waals surface area contributed by atoms with Gasteiger partial charge in [-0.05, 0) is 13.8 Å². The van der Waals surface area contributed by atoms with E-state index in [0.717, 1.165) is 0 Å². The summed E-state index contributed by atoms with van der Waals surface area (Å²) < 4.78 is 8.72. The number of carboxylic acid groups (broad SMARTS) is 1. The van der Waals surface area contributed by atoms with Crippen LogP contribution in [0.2, 0.25) is 0 Å². The molecule has 1 N–H and O–H groups in total. The third-order valence-electron chi connectivity index (χ3n) is 2.45. The fourth-order valence-corrected chi connectivity index (χ4v) is 1.44. The summed E-state index contributed by atoms with van der Waals surface area (Å²) in [6, 6.07) is 0.283. The predicted octanol–water partition coefficient (Wildman–Crippen LogP) is 0.833. The van der Waals surface area contributed by atoms with Crippen molar-refractivity contribution < 1.29 is 14.6 Å². The molecule has 0 aliphatic carbocycles. The van der Waals surface area contributed by atoms with Gasteiger partial charge in [0.2, 0.25) is 0 Å². The van der Waals surface area contributed by atoms with E-state index in [-0.39, 0.29) is 11.7 Å². The molecule has 0 aliphatic rings. The minimum Gasteiger partial charge on any atom is -0.488 e. The van der Waals surface area contributed by atoms with Gasteiger partial charge in [0.05, 0.1) is 25.1 Å². The van der Waals surface area contributed by atoms with Crippen molar-refractivity contribution in [1.82, 2.24) is 24.8 Å². The Bertz CT molecular complexity index is 560. The van der Waals surface area contributed by atoms with Crippen LogP contribution in [0.4, 0.5) is 0 Å². The SMILES string of the molecule is CC(C)n1cc(OCCn2cc(C(=O)O)nn2)cn1. The average molecular weight is 265 g/mol. The number of nitrogens with zero attached hydrogens (tertiary/aromatic N) is 5. The largest absolute Gasteiger partial charge is 0.488 e. The van der Waals surface area contributed by atoms with E-state index in [2.05, 4.69) is 15.4 Å². The van der Waals surface area contributed by atoms with E-state index in [0.29, 0.717) is 18.9 Å². The number of ether oxygens (including phenoxy) is 1. The van der Waals surface area contributed by atoms with Crippen LogP contribution < -0.4 is 4.74 Å². The molecule has 8 nitrogen and oxygen atoms in total. The van der Waals surface area contributed by atoms with Crippen molar-refractivity contribution >= 4 is 5.97 Å². The Kier molecular flexibility index (Phi) is 3.79. The molecule has 2 aromatic heterocycles. The first-order valence-electron chi connectivity index (χ1n) is 5.86. The molecule has 8 heteroatoms. The third kappa shape index (κ3) is 3.30. The number of carboxylic acids is 1. The maximum atomic E-state index is 10.6. The number of aromatic carboxylic acids is 1. The van der Waals surface area contributed by atoms with Gasteiger partial charge in [0.1, 0.15) is 6.61 Å². The smallest absolute Gasteiger partial charge is 0.358 e. The topological polar surface area (TPSA) is 95.1 Å². The first kappa shape index (κ1) is 13.1. The van der Waals surface area contributed by atoms with Gasteiger partial charge < -0.3 is 9.84 Å². The second kappa shape index (κ2) is 5.51. The second-order valence-electron chi connectivity index (χ2n) is 4.27. The van der Waals surface area contributed by atoms with Crippen LogP contribution in [-0.2, 0) is 6.54 Å². The Morgan fingerprint density at radius 2 is 2.26 bits per heavy atom. The molecule has 19 heavy (non-hydrogen) atoms. The Hall–Kier alpha value is -2.38. The van der Waals surface area contributed by atoms with Gasteiger partial charge in [-0.2, -0.15) is 5.10 Å². The van der Waals surface area contributed by atoms with E-state index in [1.54, 1.807) is 10.9 Å². The van der Waals surface area contributed by atoms with Gasteiger partial charge in [0.25, 0.3) is 0 Å². The van der Waals surface area contributed by atoms with Crippen LogP contribution >= 0.6 is 0 Å². The average Bonchev–Trinajstić information content (AvgIpc) is 2.97. The molecule has 0 unspecified atom stereocenters. The van der Waals surface area contributed by atoms with Crippen molar-refractivity contribution in [1.29, 1.82) is 0 Å². The van der Waals surface area contributed by atoms with Gasteiger partial charge in [-0.3, -0.25) is 4.68 Å². The lowest BCUT2D eigenvalue weighted by Gasteiger charge is -2.04. The highest BCUT2D eigenvalue weighted by Gasteiger charge is 2.08. The number of aromatic nitrogens is 5. The number of hydrogen-bond donors (Lipinski definition) is 1. The van der Waals surface area contributed by atoms with E-state index in [9.17, 15) is 4.79 Å². The predicted molar refractivity (Wildman–Crippen MR) is 65.1 cm³/mol. The van der Waals surface area contributed by atoms with E-state index in [1.165, 1.54) is 10.9 Å². The van der Waals surface area contributed by atoms with Gasteiger partial charge in [-0.25, -0.2) is 9.48 Å². The second-order valence-corrected chi connectivity index (χ2v) is 4.27. The summed E-state index contributed by atoms with van der Waals surface area (Å²) in [5.74, 6) is -0.419. The molecule has 0 atom stereocenters. The summed E-state index contributed by atoms with van der Waals surface area (Å²) in [6.07, 6.45) is 4.82. The van der Waals surface area contributed by atoms with Crippen LogP contribution in [0.1, 0.15) is 30.4 Å². The maximum Gasteiger partial charge on any atom is 0.358 e. The highest BCUT2D eigenvalue weighted by Crippen LogP contribution is 2.12. The zero-order valence-electron chi connectivity index (χ0n) is 10.7. The molecule has 2 heterocycles. The van der Waals surface area contributed by atoms with Crippen molar-refractivity contribution in [2.45, 2.75) is 26.4 Å². The van der Waals surface area contributed by atoms with E-state index < -0.39 is 5.97 Å². The van der Waals surface area contributed by atoms with Crippen molar-refractivity contribution in [2.24, 2.45) is 0 Å². The van der Waals surface area contributed by atoms with Crippen molar-refractivity contribution in [3.63, 3.8) is 0 Å². The highest BCUT2D eigenvalue weighted by molar-refractivity contribution is 5.84. The minimum absolute atomic E-state index is 0.0763. The number of rotatable bonds is 6. The van der Waals surface area contributed by atoms with Gasteiger partial charge in [-0.1, -0.05) is 5.21 Å². The van der Waals surface area contributed by atoms with Crippen LogP contribution in [0, 0.1) is 0 Å². The van der Waals surface area contributed by atoms with Gasteiger partial charge in [0.15, 0.2) is 11.4 Å². The van der Waals surface area contributed by atoms with Crippen LogP contribution in [0.3, 0.4) is 0 Å². The highest BCUT2D eigenvalue weighted by atomic mass is 16.5. The first-order valence-corrected chi connectivity index (χ1v) is 5.86. The Balaban J connectivity index is 1.83. The van der Waals surface area contributed by atoms with Crippen LogP contribution in [0.5, 0.6) is 5.75 Å². The fourth-order valence-electron chi connectivity index (χ4n) is 1.44. The minimum atomic E-state index is -1.09. The Morgan fingerprint density at radius 1 is 1.47 bits per heavy atom. The maximum absolute atomic E-state index is 10.6. The summed E-state index contributed by atoms with van der Waals surface area (Å²) in [4.78, 5) is 10.6. The molecule has 0 fully saturated rings. The van der Waals surface area contributed by atoms with Crippen molar-refractivity contribution in [3.05, 3.63) is 24.3 Å². The quantitative estimate of drug-likeness (QED) is 0.831. The molecule has 0 bridgehead atoms. The van der Waals surface area contributed by atoms with E-state index in [4.69, 9.17) is 9.84 Å². The fraction of sp³-hybridized carbons (Fsp3) is 0.455. The molecule has 102 valence electrons. The molecular weight excluding hydrogens is 250 g/mol. The zero-order valence-corrected chi connectivity index (χ0v) is 10.7. The van der Waals surface area contributed by atoms with Gasteiger partial charge >= 0.3 is 5.97 Å². The van der Waals surface area contributed by atoms with Crippen molar-refractivity contribution in [3.8, 4) is 5.75 Å². The van der Waals surface area contributed by atoms with Gasteiger partial charge in [0, 0.05) is 6.04 Å². The van der Waals surface area contributed by atoms with Crippen LogP contribution in [-0.4, -0.2) is 42.5 Å². The summed E-state index contributed by atoms with van der Waals surface area (Å²) in [6.45, 7) is 4.85. The first-order chi connectivity index (χ1) is 9.06. The molecular formula is C11H15N5O3. The summed E-state index contributed by atoms with van der Waals surface area (Å²) >= 11 is 0. The summed E-state index contributed by atoms with van der Waals surface area (Å²) in [7, 11) is 0. The third-order valence-corrected chi connectivity index (χ3v) is 2.45. The molecule has 0 saturated carbocycles. The molecule has 0 radical (unpaired) electrons. The Labute approximate surface area is 109 Å². The monoisotopic (exact) mass is 265 g/mol. The standard InChI is InChI=1S/C11H15N5O3/c1-8(2)16-6-9(5-12-16)19-4-3-15-7-10(11(17)18)13-14-15/h5-8H,3-4H2,1-2H3,(H,17,18). The van der Waals surface area contributed by atoms with Crippen LogP contribution in [0.15, 0.2) is 18.6 Å². The molecule has 2 aromatic rings. The lowest BCUT2D eigenvalue weighted by Crippen LogP contribution is -2.08. The van der Waals surface area contributed by atoms with Crippen molar-refractivity contribution in [2.75, 3.05) is 6.61 Å². The lowest BCUT2D eigenvalue weighted by molar-refractivity contribution is 0.0690. The van der Waals surface area contributed by atoms with Crippen LogP contribution in [0.25, 0.3) is 0 Å². The molecule has 0 aliphatic heterocycles. The molecule has 0 amide bonds. The number of carbonyl (C=O) groups is 1. The lowest BCUT2D eigenvalue weighted by atomic mass is 10.4. The van der Waals surface area contributed by atoms with E-state index in [1.807, 2.05) is 20.0 Å². The molecule has 0 spiro atoms. The summed E-state index contributed by atoms with van der Waals surface area (Å²) in [5, 5.41) is 20.0. The molecule has 0 aromatic carbocycles. The van der Waals surface area contributed by atoms with E-state index >= 15 is 0 Å². The summed E-state index contributed by atoms with van der Waals surface area (Å²) in [5.41, 5.74) is -0.0763. The molecule has 0 saturated heterocycles. The number of hydrogen-bond acceptors (Lipinski definition) is 5. The Morgan fingerprint density at radius 3 is 2.84 bits per heavy atom. The molecule has 2 rings (SSSR count). The zero-order chi connectivity index (χ0) is 13.8. The normalized spacial score (nSPS) is 10.9.